The number of carbonyl (C=O) groups excluding carboxylic acids is 2. The first kappa shape index (κ1) is 27.3. The van der Waals surface area contributed by atoms with Crippen LogP contribution in [0.2, 0.25) is 0 Å². The van der Waals surface area contributed by atoms with Gasteiger partial charge < -0.3 is 10.1 Å². The first-order chi connectivity index (χ1) is 18.5. The van der Waals surface area contributed by atoms with Crippen molar-refractivity contribution in [3.63, 3.8) is 0 Å². The number of hydrogen-bond donors (Lipinski definition) is 2. The highest BCUT2D eigenvalue weighted by atomic mass is 32.2. The second kappa shape index (κ2) is 11.0. The predicted octanol–water partition coefficient (Wildman–Crippen LogP) is 3.61. The van der Waals surface area contributed by atoms with E-state index in [1.165, 1.54) is 41.9 Å². The second-order valence-electron chi connectivity index (χ2n) is 8.61. The summed E-state index contributed by atoms with van der Waals surface area (Å²) in [5, 5.41) is 2.53. The van der Waals surface area contributed by atoms with E-state index in [9.17, 15) is 27.2 Å². The molecule has 0 saturated heterocycles. The van der Waals surface area contributed by atoms with Crippen molar-refractivity contribution in [3.05, 3.63) is 106 Å². The summed E-state index contributed by atoms with van der Waals surface area (Å²) in [5.74, 6) is -2.20. The molecule has 0 aliphatic rings. The van der Waals surface area contributed by atoms with Crippen molar-refractivity contribution in [2.45, 2.75) is 24.8 Å². The van der Waals surface area contributed by atoms with Crippen molar-refractivity contribution in [3.8, 4) is 5.69 Å². The van der Waals surface area contributed by atoms with E-state index in [0.29, 0.717) is 11.4 Å². The highest BCUT2D eigenvalue weighted by molar-refractivity contribution is 7.92. The molecule has 202 valence electrons. The number of carbonyl (C=O) groups is 2. The highest BCUT2D eigenvalue weighted by Gasteiger charge is 2.24. The van der Waals surface area contributed by atoms with E-state index in [1.54, 1.807) is 42.9 Å². The van der Waals surface area contributed by atoms with E-state index in [2.05, 4.69) is 10.0 Å². The lowest BCUT2D eigenvalue weighted by Crippen LogP contribution is -2.32. The Morgan fingerprint density at radius 2 is 1.64 bits per heavy atom. The fraction of sp³-hybridized carbons (Fsp3) is 0.148. The summed E-state index contributed by atoms with van der Waals surface area (Å²) in [6, 6.07) is 18.7. The van der Waals surface area contributed by atoms with Crippen LogP contribution < -0.4 is 15.6 Å². The van der Waals surface area contributed by atoms with Gasteiger partial charge in [-0.1, -0.05) is 24.3 Å². The lowest BCUT2D eigenvalue weighted by Gasteiger charge is -2.14. The second-order valence-corrected chi connectivity index (χ2v) is 10.3. The molecule has 0 unspecified atom stereocenters. The summed E-state index contributed by atoms with van der Waals surface area (Å²) in [6.45, 7) is 3.00. The minimum Gasteiger partial charge on any atom is -0.449 e. The van der Waals surface area contributed by atoms with Gasteiger partial charge in [0.05, 0.1) is 21.8 Å². The van der Waals surface area contributed by atoms with Crippen LogP contribution in [0.5, 0.6) is 0 Å². The molecular weight excluding hydrogens is 527 g/mol. The molecule has 0 spiro atoms. The first-order valence-electron chi connectivity index (χ1n) is 11.7. The highest BCUT2D eigenvalue weighted by Crippen LogP contribution is 2.19. The van der Waals surface area contributed by atoms with Gasteiger partial charge in [-0.15, -0.1) is 0 Å². The molecule has 0 fully saturated rings. The summed E-state index contributed by atoms with van der Waals surface area (Å²) >= 11 is 0. The number of nitrogens with zero attached hydrogens (tertiary/aromatic N) is 2. The Kier molecular flexibility index (Phi) is 7.68. The standard InChI is InChI=1S/C27H25FN4O6S/c1-17-24(26(34)32(31(17)3)22-9-5-4-6-10-22)29-25(33)18(2)38-27(35)19-8-7-11-23(16-19)39(36,37)30-21-14-12-20(28)13-15-21/h4-16,18,30H,1-3H3,(H,29,33)/t18-/m0/s1. The molecule has 1 aromatic heterocycles. The molecule has 39 heavy (non-hydrogen) atoms. The van der Waals surface area contributed by atoms with Crippen LogP contribution in [0.3, 0.4) is 0 Å². The Morgan fingerprint density at radius 3 is 2.31 bits per heavy atom. The molecule has 3 aromatic carbocycles. The summed E-state index contributed by atoms with van der Waals surface area (Å²) < 4.78 is 49.1. The Balaban J connectivity index is 1.47. The predicted molar refractivity (Wildman–Crippen MR) is 143 cm³/mol. The number of hydrogen-bond acceptors (Lipinski definition) is 6. The molecule has 12 heteroatoms. The summed E-state index contributed by atoms with van der Waals surface area (Å²) in [5.41, 5.74) is 0.698. The van der Waals surface area contributed by atoms with Crippen LogP contribution in [0.4, 0.5) is 15.8 Å². The van der Waals surface area contributed by atoms with Crippen molar-refractivity contribution in [2.24, 2.45) is 7.05 Å². The van der Waals surface area contributed by atoms with Gasteiger partial charge in [-0.3, -0.25) is 19.0 Å². The smallest absolute Gasteiger partial charge is 0.338 e. The maximum Gasteiger partial charge on any atom is 0.338 e. The number of amides is 1. The summed E-state index contributed by atoms with van der Waals surface area (Å²) in [4.78, 5) is 38.3. The van der Waals surface area contributed by atoms with Crippen molar-refractivity contribution in [2.75, 3.05) is 10.0 Å². The number of anilines is 2. The first-order valence-corrected chi connectivity index (χ1v) is 13.2. The normalized spacial score (nSPS) is 12.0. The van der Waals surface area contributed by atoms with E-state index >= 15 is 0 Å². The zero-order valence-corrected chi connectivity index (χ0v) is 22.0. The van der Waals surface area contributed by atoms with Gasteiger partial charge >= 0.3 is 5.97 Å². The van der Waals surface area contributed by atoms with E-state index in [4.69, 9.17) is 4.74 Å². The minimum atomic E-state index is -4.10. The maximum absolute atomic E-state index is 13.1. The molecule has 1 heterocycles. The van der Waals surface area contributed by atoms with Gasteiger partial charge in [0.15, 0.2) is 6.10 Å². The van der Waals surface area contributed by atoms with Gasteiger partial charge in [-0.2, -0.15) is 0 Å². The molecule has 1 amide bonds. The topological polar surface area (TPSA) is 128 Å². The van der Waals surface area contributed by atoms with Gasteiger partial charge in [0.25, 0.3) is 21.5 Å². The van der Waals surface area contributed by atoms with Gasteiger partial charge in [0.2, 0.25) is 0 Å². The molecule has 0 aliphatic heterocycles. The minimum absolute atomic E-state index is 0.0363. The van der Waals surface area contributed by atoms with Crippen molar-refractivity contribution in [1.29, 1.82) is 0 Å². The largest absolute Gasteiger partial charge is 0.449 e. The lowest BCUT2D eigenvalue weighted by atomic mass is 10.2. The summed E-state index contributed by atoms with van der Waals surface area (Å²) in [6.07, 6.45) is -1.31. The number of nitrogens with one attached hydrogen (secondary N) is 2. The SMILES string of the molecule is Cc1c(NC(=O)[C@H](C)OC(=O)c2cccc(S(=O)(=O)Nc3ccc(F)cc3)c2)c(=O)n(-c2ccccc2)n1C. The molecule has 0 radical (unpaired) electrons. The van der Waals surface area contributed by atoms with Crippen molar-refractivity contribution < 1.29 is 27.1 Å². The monoisotopic (exact) mass is 552 g/mol. The van der Waals surface area contributed by atoms with Crippen molar-refractivity contribution >= 4 is 33.3 Å². The van der Waals surface area contributed by atoms with E-state index < -0.39 is 39.4 Å². The molecule has 4 aromatic rings. The zero-order chi connectivity index (χ0) is 28.3. The van der Waals surface area contributed by atoms with Crippen LogP contribution >= 0.6 is 0 Å². The average molecular weight is 553 g/mol. The van der Waals surface area contributed by atoms with Gasteiger partial charge in [-0.25, -0.2) is 22.3 Å². The molecule has 4 rings (SSSR count). The molecular formula is C27H25FN4O6S. The molecule has 0 saturated carbocycles. The van der Waals surface area contributed by atoms with Gasteiger partial charge in [-0.05, 0) is 68.4 Å². The zero-order valence-electron chi connectivity index (χ0n) is 21.2. The Bertz CT molecular complexity index is 1700. The van der Waals surface area contributed by atoms with E-state index in [-0.39, 0.29) is 21.8 Å². The summed E-state index contributed by atoms with van der Waals surface area (Å²) in [7, 11) is -2.43. The van der Waals surface area contributed by atoms with Crippen LogP contribution in [0.1, 0.15) is 23.0 Å². The third-order valence-corrected chi connectivity index (χ3v) is 7.31. The van der Waals surface area contributed by atoms with Gasteiger partial charge in [0, 0.05) is 12.7 Å². The Morgan fingerprint density at radius 1 is 0.974 bits per heavy atom. The Labute approximate surface area is 223 Å². The van der Waals surface area contributed by atoms with Gasteiger partial charge in [0.1, 0.15) is 11.5 Å². The maximum atomic E-state index is 13.1. The third kappa shape index (κ3) is 5.91. The van der Waals surface area contributed by atoms with Crippen LogP contribution in [-0.4, -0.2) is 35.8 Å². The van der Waals surface area contributed by atoms with Crippen LogP contribution in [-0.2, 0) is 26.6 Å². The van der Waals surface area contributed by atoms with Crippen LogP contribution in [0.15, 0.2) is 88.6 Å². The number of esters is 1. The fourth-order valence-electron chi connectivity index (χ4n) is 3.74. The van der Waals surface area contributed by atoms with Crippen LogP contribution in [0.25, 0.3) is 5.69 Å². The number of sulfonamides is 1. The number of benzene rings is 3. The molecule has 10 nitrogen and oxygen atoms in total. The van der Waals surface area contributed by atoms with Crippen molar-refractivity contribution in [1.82, 2.24) is 9.36 Å². The Hall–Kier alpha value is -4.71. The molecule has 2 N–H and O–H groups in total. The quantitative estimate of drug-likeness (QED) is 0.322. The third-order valence-electron chi connectivity index (χ3n) is 5.93. The molecule has 1 atom stereocenters. The van der Waals surface area contributed by atoms with E-state index in [0.717, 1.165) is 18.2 Å². The number of para-hydroxylation sites is 1. The number of rotatable bonds is 8. The number of halogens is 1. The number of ether oxygens (including phenoxy) is 1. The van der Waals surface area contributed by atoms with E-state index in [1.807, 2.05) is 6.07 Å². The molecule has 0 aliphatic carbocycles. The molecule has 0 bridgehead atoms. The lowest BCUT2D eigenvalue weighted by molar-refractivity contribution is -0.123. The fourth-order valence-corrected chi connectivity index (χ4v) is 4.85. The number of aromatic nitrogens is 2. The average Bonchev–Trinajstić information content (AvgIpc) is 3.13. The van der Waals surface area contributed by atoms with Crippen LogP contribution in [0, 0.1) is 12.7 Å².